The lowest BCUT2D eigenvalue weighted by molar-refractivity contribution is 0.0989. The van der Waals surface area contributed by atoms with E-state index in [0.717, 1.165) is 4.90 Å². The van der Waals surface area contributed by atoms with E-state index in [2.05, 4.69) is 0 Å². The Balaban J connectivity index is 0. The van der Waals surface area contributed by atoms with Crippen LogP contribution in [-0.4, -0.2) is 16.7 Å². The first-order valence-electron chi connectivity index (χ1n) is 10.2. The molecular weight excluding hydrogens is 382 g/mol. The fourth-order valence-electron chi connectivity index (χ4n) is 2.11. The van der Waals surface area contributed by atoms with Crippen LogP contribution in [0.5, 0.6) is 5.75 Å². The number of anilines is 1. The van der Waals surface area contributed by atoms with Crippen molar-refractivity contribution in [3.8, 4) is 5.75 Å². The molecule has 2 aromatic rings. The summed E-state index contributed by atoms with van der Waals surface area (Å²) in [5.41, 5.74) is 6.55. The smallest absolute Gasteiger partial charge is 0.204 e. The van der Waals surface area contributed by atoms with Crippen molar-refractivity contribution < 1.29 is 14.7 Å². The quantitative estimate of drug-likeness (QED) is 0.508. The first kappa shape index (κ1) is 28.7. The second-order valence-electron chi connectivity index (χ2n) is 4.57. The second kappa shape index (κ2) is 16.4. The Morgan fingerprint density at radius 1 is 0.793 bits per heavy atom. The highest BCUT2D eigenvalue weighted by Gasteiger charge is 2.28. The summed E-state index contributed by atoms with van der Waals surface area (Å²) in [7, 11) is 0. The lowest BCUT2D eigenvalue weighted by atomic mass is 9.94. The topological polar surface area (TPSA) is 80.4 Å². The number of nitrogens with two attached hydrogens (primary N) is 1. The maximum atomic E-state index is 12.4. The van der Waals surface area contributed by atoms with E-state index in [4.69, 9.17) is 5.73 Å². The summed E-state index contributed by atoms with van der Waals surface area (Å²) >= 11 is 1.18. The molecule has 3 N–H and O–H groups in total. The first-order chi connectivity index (χ1) is 14.1. The third-order valence-corrected chi connectivity index (χ3v) is 4.16. The molecule has 0 fully saturated rings. The van der Waals surface area contributed by atoms with Gasteiger partial charge in [0, 0.05) is 22.2 Å². The molecule has 0 amide bonds. The van der Waals surface area contributed by atoms with Gasteiger partial charge in [-0.25, -0.2) is 0 Å². The maximum Gasteiger partial charge on any atom is 0.204 e. The number of Topliss-reactive ketones (excluding diaryl/α,β-unsaturated/α-hetero) is 1. The van der Waals surface area contributed by atoms with Crippen molar-refractivity contribution in [3.63, 3.8) is 0 Å². The standard InChI is InChI=1S/C16H11NO3S.4C2H6/c17-9-4-6-10(7-5-9)21-14-8-13(19)11-2-1-3-12(18)15(11)16(14)20;4*1-2/h1-8,18H,17H2;4*1-2H3. The van der Waals surface area contributed by atoms with Gasteiger partial charge in [0.05, 0.1) is 10.5 Å². The fraction of sp³-hybridized carbons (Fsp3) is 0.333. The molecule has 5 heteroatoms. The maximum absolute atomic E-state index is 12.4. The molecule has 0 atom stereocenters. The van der Waals surface area contributed by atoms with Crippen LogP contribution >= 0.6 is 11.8 Å². The summed E-state index contributed by atoms with van der Waals surface area (Å²) in [6, 6.07) is 11.5. The molecule has 1 aliphatic carbocycles. The van der Waals surface area contributed by atoms with Crippen LogP contribution in [0.3, 0.4) is 0 Å². The van der Waals surface area contributed by atoms with Crippen molar-refractivity contribution in [2.24, 2.45) is 0 Å². The van der Waals surface area contributed by atoms with Crippen LogP contribution in [0.15, 0.2) is 58.3 Å². The summed E-state index contributed by atoms with van der Waals surface area (Å²) < 4.78 is 0. The van der Waals surface area contributed by atoms with Crippen LogP contribution in [0.1, 0.15) is 76.1 Å². The fourth-order valence-corrected chi connectivity index (χ4v) is 3.00. The zero-order valence-corrected chi connectivity index (χ0v) is 19.7. The highest BCUT2D eigenvalue weighted by molar-refractivity contribution is 8.04. The number of nitrogen functional groups attached to an aromatic ring is 1. The number of aromatic hydroxyl groups is 1. The van der Waals surface area contributed by atoms with E-state index in [9.17, 15) is 14.7 Å². The van der Waals surface area contributed by atoms with Crippen LogP contribution in [0.4, 0.5) is 5.69 Å². The number of carbonyl (C=O) groups is 2. The molecule has 29 heavy (non-hydrogen) atoms. The predicted molar refractivity (Wildman–Crippen MR) is 127 cm³/mol. The van der Waals surface area contributed by atoms with E-state index < -0.39 is 0 Å². The summed E-state index contributed by atoms with van der Waals surface area (Å²) in [5.74, 6) is -0.794. The number of ketones is 2. The van der Waals surface area contributed by atoms with Crippen LogP contribution in [0, 0.1) is 0 Å². The van der Waals surface area contributed by atoms with E-state index in [0.29, 0.717) is 10.6 Å². The summed E-state index contributed by atoms with van der Waals surface area (Å²) in [5, 5.41) is 9.84. The van der Waals surface area contributed by atoms with Gasteiger partial charge in [-0.3, -0.25) is 9.59 Å². The largest absolute Gasteiger partial charge is 0.507 e. The first-order valence-corrected chi connectivity index (χ1v) is 11.0. The average molecular weight is 418 g/mol. The van der Waals surface area contributed by atoms with Crippen molar-refractivity contribution in [3.05, 3.63) is 64.6 Å². The summed E-state index contributed by atoms with van der Waals surface area (Å²) in [4.78, 5) is 25.6. The zero-order chi connectivity index (χ0) is 23.0. The molecule has 0 heterocycles. The number of hydrogen-bond acceptors (Lipinski definition) is 5. The van der Waals surface area contributed by atoms with Gasteiger partial charge in [0.15, 0.2) is 5.78 Å². The number of phenols is 1. The molecule has 0 bridgehead atoms. The number of carbonyl (C=O) groups excluding carboxylic acids is 2. The predicted octanol–water partition coefficient (Wildman–Crippen LogP) is 7.13. The Kier molecular flexibility index (Phi) is 16.2. The highest BCUT2D eigenvalue weighted by atomic mass is 32.2. The molecule has 0 saturated carbocycles. The Hall–Kier alpha value is -2.53. The van der Waals surface area contributed by atoms with Crippen molar-refractivity contribution >= 4 is 29.0 Å². The van der Waals surface area contributed by atoms with E-state index >= 15 is 0 Å². The third-order valence-electron chi connectivity index (χ3n) is 3.13. The minimum atomic E-state index is -0.343. The minimum Gasteiger partial charge on any atom is -0.507 e. The Morgan fingerprint density at radius 3 is 1.83 bits per heavy atom. The van der Waals surface area contributed by atoms with Crippen LogP contribution in [-0.2, 0) is 0 Å². The number of allylic oxidation sites excluding steroid dienone is 2. The van der Waals surface area contributed by atoms with E-state index in [1.165, 1.54) is 30.0 Å². The summed E-state index contributed by atoms with van der Waals surface area (Å²) in [6.07, 6.45) is 1.31. The molecule has 0 saturated heterocycles. The van der Waals surface area contributed by atoms with Crippen LogP contribution < -0.4 is 5.73 Å². The highest BCUT2D eigenvalue weighted by Crippen LogP contribution is 2.36. The van der Waals surface area contributed by atoms with Gasteiger partial charge in [0.25, 0.3) is 0 Å². The van der Waals surface area contributed by atoms with E-state index in [-0.39, 0.29) is 28.4 Å². The van der Waals surface area contributed by atoms with Crippen molar-refractivity contribution in [2.75, 3.05) is 5.73 Å². The number of fused-ring (bicyclic) bond motifs is 1. The number of phenolic OH excluding ortho intramolecular Hbond substituents is 1. The van der Waals surface area contributed by atoms with Crippen molar-refractivity contribution in [1.29, 1.82) is 0 Å². The molecule has 2 aromatic carbocycles. The molecule has 160 valence electrons. The van der Waals surface area contributed by atoms with Crippen molar-refractivity contribution in [1.82, 2.24) is 0 Å². The van der Waals surface area contributed by atoms with Gasteiger partial charge in [-0.2, -0.15) is 0 Å². The molecule has 0 aromatic heterocycles. The lowest BCUT2D eigenvalue weighted by Gasteiger charge is -2.15. The monoisotopic (exact) mass is 417 g/mol. The number of rotatable bonds is 2. The van der Waals surface area contributed by atoms with Gasteiger partial charge in [0.2, 0.25) is 5.78 Å². The molecule has 0 unspecified atom stereocenters. The SMILES string of the molecule is CC.CC.CC.CC.Nc1ccc(SC2=CC(=O)c3cccc(O)c3C2=O)cc1. The molecule has 3 rings (SSSR count). The minimum absolute atomic E-state index is 0.0722. The van der Waals surface area contributed by atoms with Gasteiger partial charge in [-0.05, 0) is 30.3 Å². The number of thioether (sulfide) groups is 1. The Labute approximate surface area is 180 Å². The van der Waals surface area contributed by atoms with Crippen molar-refractivity contribution in [2.45, 2.75) is 60.3 Å². The van der Waals surface area contributed by atoms with Gasteiger partial charge < -0.3 is 10.8 Å². The molecular formula is C24H35NO3S. The molecule has 0 spiro atoms. The second-order valence-corrected chi connectivity index (χ2v) is 5.69. The molecule has 0 radical (unpaired) electrons. The van der Waals surface area contributed by atoms with Gasteiger partial charge >= 0.3 is 0 Å². The normalized spacial score (nSPS) is 10.8. The Bertz CT molecular complexity index is 781. The average Bonchev–Trinajstić information content (AvgIpc) is 2.79. The Morgan fingerprint density at radius 2 is 1.31 bits per heavy atom. The van der Waals surface area contributed by atoms with Crippen LogP contribution in [0.2, 0.25) is 0 Å². The zero-order valence-electron chi connectivity index (χ0n) is 18.9. The molecule has 1 aliphatic rings. The van der Waals surface area contributed by atoms with Crippen LogP contribution in [0.25, 0.3) is 0 Å². The number of benzene rings is 2. The number of hydrogen-bond donors (Lipinski definition) is 2. The van der Waals surface area contributed by atoms with Gasteiger partial charge in [-0.15, -0.1) is 0 Å². The van der Waals surface area contributed by atoms with E-state index in [1.807, 2.05) is 55.4 Å². The van der Waals surface area contributed by atoms with E-state index in [1.54, 1.807) is 30.3 Å². The molecule has 4 nitrogen and oxygen atoms in total. The van der Waals surface area contributed by atoms with Gasteiger partial charge in [0.1, 0.15) is 5.75 Å². The molecule has 0 aliphatic heterocycles. The lowest BCUT2D eigenvalue weighted by Crippen LogP contribution is -2.15. The van der Waals surface area contributed by atoms with Gasteiger partial charge in [-0.1, -0.05) is 79.3 Å². The third kappa shape index (κ3) is 8.16. The summed E-state index contributed by atoms with van der Waals surface area (Å²) in [6.45, 7) is 16.0.